The minimum Gasteiger partial charge on any atom is -0.381 e. The van der Waals surface area contributed by atoms with Crippen molar-refractivity contribution < 1.29 is 4.74 Å². The van der Waals surface area contributed by atoms with Gasteiger partial charge in [0.1, 0.15) is 5.82 Å². The smallest absolute Gasteiger partial charge is 0.124 e. The number of alkyl halides is 1. The minimum atomic E-state index is 0.231. The molecule has 0 saturated carbocycles. The number of ether oxygens (including phenoxy) is 1. The lowest BCUT2D eigenvalue weighted by molar-refractivity contribution is 0.0157. The summed E-state index contributed by atoms with van der Waals surface area (Å²) in [6, 6.07) is 5.80. The Bertz CT molecular complexity index is 618. The molecule has 1 aromatic carbocycles. The molecule has 1 fully saturated rings. The maximum atomic E-state index is 6.13. The van der Waals surface area contributed by atoms with Crippen LogP contribution in [0.15, 0.2) is 18.2 Å². The molecular weight excluding hydrogens is 295 g/mol. The molecule has 1 aromatic heterocycles. The van der Waals surface area contributed by atoms with Crippen LogP contribution in [0, 0.1) is 5.41 Å². The Morgan fingerprint density at radius 1 is 1.35 bits per heavy atom. The van der Waals surface area contributed by atoms with Gasteiger partial charge < -0.3 is 9.30 Å². The lowest BCUT2D eigenvalue weighted by Gasteiger charge is -2.34. The molecule has 0 amide bonds. The number of aromatic nitrogens is 2. The lowest BCUT2D eigenvalue weighted by atomic mass is 9.82. The molecule has 5 heteroatoms. The van der Waals surface area contributed by atoms with Crippen molar-refractivity contribution in [2.45, 2.75) is 32.2 Å². The van der Waals surface area contributed by atoms with E-state index in [2.05, 4.69) is 16.5 Å². The van der Waals surface area contributed by atoms with E-state index in [-0.39, 0.29) is 5.41 Å². The number of benzene rings is 1. The molecule has 1 aliphatic heterocycles. The molecule has 2 aromatic rings. The second kappa shape index (κ2) is 5.55. The third-order valence-electron chi connectivity index (χ3n) is 4.15. The highest BCUT2D eigenvalue weighted by molar-refractivity contribution is 6.31. The van der Waals surface area contributed by atoms with E-state index in [4.69, 9.17) is 27.9 Å². The van der Waals surface area contributed by atoms with E-state index in [1.54, 1.807) is 0 Å². The highest BCUT2D eigenvalue weighted by Crippen LogP contribution is 2.34. The van der Waals surface area contributed by atoms with Crippen LogP contribution in [0.25, 0.3) is 11.0 Å². The van der Waals surface area contributed by atoms with Gasteiger partial charge in [-0.05, 0) is 36.5 Å². The number of hydrogen-bond donors (Lipinski definition) is 0. The molecule has 3 nitrogen and oxygen atoms in total. The summed E-state index contributed by atoms with van der Waals surface area (Å²) in [5.74, 6) is 1.33. The highest BCUT2D eigenvalue weighted by Gasteiger charge is 2.29. The molecule has 0 unspecified atom stereocenters. The molecule has 1 aliphatic rings. The van der Waals surface area contributed by atoms with Crippen molar-refractivity contribution in [2.24, 2.45) is 5.41 Å². The van der Waals surface area contributed by atoms with Gasteiger partial charge in [-0.1, -0.05) is 18.5 Å². The van der Waals surface area contributed by atoms with E-state index < -0.39 is 0 Å². The second-order valence-electron chi connectivity index (χ2n) is 5.80. The fourth-order valence-corrected chi connectivity index (χ4v) is 3.20. The first-order chi connectivity index (χ1) is 9.61. The van der Waals surface area contributed by atoms with E-state index in [0.29, 0.717) is 5.88 Å². The Kier molecular flexibility index (Phi) is 3.93. The molecule has 0 N–H and O–H groups in total. The van der Waals surface area contributed by atoms with Crippen molar-refractivity contribution in [3.63, 3.8) is 0 Å². The summed E-state index contributed by atoms with van der Waals surface area (Å²) in [6.45, 7) is 4.89. The molecule has 2 heterocycles. The molecule has 0 bridgehead atoms. The Balaban J connectivity index is 2.02. The van der Waals surface area contributed by atoms with Gasteiger partial charge in [0, 0.05) is 24.8 Å². The second-order valence-corrected chi connectivity index (χ2v) is 6.51. The maximum Gasteiger partial charge on any atom is 0.124 e. The zero-order valence-electron chi connectivity index (χ0n) is 11.5. The third-order valence-corrected chi connectivity index (χ3v) is 4.62. The van der Waals surface area contributed by atoms with Crippen molar-refractivity contribution in [3.05, 3.63) is 29.0 Å². The van der Waals surface area contributed by atoms with E-state index >= 15 is 0 Å². The van der Waals surface area contributed by atoms with Gasteiger partial charge in [-0.3, -0.25) is 0 Å². The van der Waals surface area contributed by atoms with Crippen molar-refractivity contribution in [2.75, 3.05) is 13.2 Å². The first kappa shape index (κ1) is 14.2. The molecule has 3 rings (SSSR count). The SMILES string of the molecule is CC1(Cn2c(CCl)nc3ccc(Cl)cc32)CCOCC1. The standard InChI is InChI=1S/C15H18Cl2N2O/c1-15(4-6-20-7-5-15)10-19-13-8-11(17)2-3-12(13)18-14(19)9-16/h2-3,8H,4-7,9-10H2,1H3. The van der Waals surface area contributed by atoms with Gasteiger partial charge >= 0.3 is 0 Å². The first-order valence-corrected chi connectivity index (χ1v) is 7.81. The normalized spacial score (nSPS) is 18.6. The Morgan fingerprint density at radius 3 is 2.80 bits per heavy atom. The van der Waals surface area contributed by atoms with Crippen LogP contribution in [0.5, 0.6) is 0 Å². The molecule has 1 saturated heterocycles. The minimum absolute atomic E-state index is 0.231. The summed E-state index contributed by atoms with van der Waals surface area (Å²) in [5, 5.41) is 0.733. The summed E-state index contributed by atoms with van der Waals surface area (Å²) < 4.78 is 7.70. The van der Waals surface area contributed by atoms with E-state index in [0.717, 1.165) is 54.5 Å². The molecule has 108 valence electrons. The fourth-order valence-electron chi connectivity index (χ4n) is 2.83. The van der Waals surface area contributed by atoms with Gasteiger partial charge in [0.15, 0.2) is 0 Å². The lowest BCUT2D eigenvalue weighted by Crippen LogP contribution is -2.31. The van der Waals surface area contributed by atoms with Crippen molar-refractivity contribution in [1.82, 2.24) is 9.55 Å². The quantitative estimate of drug-likeness (QED) is 0.792. The Morgan fingerprint density at radius 2 is 2.10 bits per heavy atom. The summed E-state index contributed by atoms with van der Waals surface area (Å²) in [4.78, 5) is 4.61. The number of hydrogen-bond acceptors (Lipinski definition) is 2. The molecule has 0 radical (unpaired) electrons. The van der Waals surface area contributed by atoms with Crippen LogP contribution in [0.2, 0.25) is 5.02 Å². The monoisotopic (exact) mass is 312 g/mol. The third kappa shape index (κ3) is 2.67. The predicted molar refractivity (Wildman–Crippen MR) is 82.5 cm³/mol. The van der Waals surface area contributed by atoms with Gasteiger partial charge in [-0.15, -0.1) is 11.6 Å². The zero-order valence-corrected chi connectivity index (χ0v) is 13.0. The first-order valence-electron chi connectivity index (χ1n) is 6.90. The van der Waals surface area contributed by atoms with Crippen molar-refractivity contribution >= 4 is 34.2 Å². The van der Waals surface area contributed by atoms with Crippen LogP contribution in [-0.2, 0) is 17.2 Å². The van der Waals surface area contributed by atoms with Gasteiger partial charge in [0.2, 0.25) is 0 Å². The Labute approximate surface area is 128 Å². The van der Waals surface area contributed by atoms with Crippen LogP contribution >= 0.6 is 23.2 Å². The van der Waals surface area contributed by atoms with Crippen molar-refractivity contribution in [3.8, 4) is 0 Å². The van der Waals surface area contributed by atoms with E-state index in [9.17, 15) is 0 Å². The average molecular weight is 313 g/mol. The van der Waals surface area contributed by atoms with Gasteiger partial charge in [-0.2, -0.15) is 0 Å². The van der Waals surface area contributed by atoms with Crippen LogP contribution < -0.4 is 0 Å². The summed E-state index contributed by atoms with van der Waals surface area (Å²) in [6.07, 6.45) is 2.13. The summed E-state index contributed by atoms with van der Waals surface area (Å²) >= 11 is 12.2. The topological polar surface area (TPSA) is 27.1 Å². The highest BCUT2D eigenvalue weighted by atomic mass is 35.5. The van der Waals surface area contributed by atoms with Gasteiger partial charge in [0.05, 0.1) is 16.9 Å². The molecule has 0 atom stereocenters. The number of nitrogens with zero attached hydrogens (tertiary/aromatic N) is 2. The van der Waals surface area contributed by atoms with Gasteiger partial charge in [-0.25, -0.2) is 4.98 Å². The zero-order chi connectivity index (χ0) is 14.2. The average Bonchev–Trinajstić information content (AvgIpc) is 2.77. The van der Waals surface area contributed by atoms with Gasteiger partial charge in [0.25, 0.3) is 0 Å². The molecular formula is C15H18Cl2N2O. The number of imidazole rings is 1. The van der Waals surface area contributed by atoms with E-state index in [1.807, 2.05) is 18.2 Å². The number of rotatable bonds is 3. The predicted octanol–water partition coefficient (Wildman–Crippen LogP) is 4.25. The van der Waals surface area contributed by atoms with E-state index in [1.165, 1.54) is 0 Å². The fraction of sp³-hybridized carbons (Fsp3) is 0.533. The number of halogens is 2. The summed E-state index contributed by atoms with van der Waals surface area (Å²) in [5.41, 5.74) is 2.26. The number of fused-ring (bicyclic) bond motifs is 1. The molecule has 0 spiro atoms. The van der Waals surface area contributed by atoms with Crippen LogP contribution in [0.3, 0.4) is 0 Å². The van der Waals surface area contributed by atoms with Crippen LogP contribution in [-0.4, -0.2) is 22.8 Å². The van der Waals surface area contributed by atoms with Crippen LogP contribution in [0.4, 0.5) is 0 Å². The maximum absolute atomic E-state index is 6.13. The van der Waals surface area contributed by atoms with Crippen molar-refractivity contribution in [1.29, 1.82) is 0 Å². The molecule has 0 aliphatic carbocycles. The Hall–Kier alpha value is -0.770. The summed E-state index contributed by atoms with van der Waals surface area (Å²) in [7, 11) is 0. The molecule has 20 heavy (non-hydrogen) atoms. The largest absolute Gasteiger partial charge is 0.381 e. The van der Waals surface area contributed by atoms with Crippen LogP contribution in [0.1, 0.15) is 25.6 Å².